The summed E-state index contributed by atoms with van der Waals surface area (Å²) in [6.45, 7) is 5.01. The molecule has 1 atom stereocenters. The SMILES string of the molecule is CC(CN(C)C)NC(=O)COC1CCNCC1. The Kier molecular flexibility index (Phi) is 6.47. The Hall–Kier alpha value is -0.650. The van der Waals surface area contributed by atoms with Crippen molar-refractivity contribution in [2.45, 2.75) is 31.9 Å². The molecule has 1 amide bonds. The second-order valence-electron chi connectivity index (χ2n) is 4.99. The number of likely N-dealkylation sites (N-methyl/N-ethyl adjacent to an activating group) is 1. The first-order valence-corrected chi connectivity index (χ1v) is 6.34. The van der Waals surface area contributed by atoms with E-state index in [-0.39, 0.29) is 24.7 Å². The lowest BCUT2D eigenvalue weighted by Gasteiger charge is -2.23. The van der Waals surface area contributed by atoms with Gasteiger partial charge in [0.15, 0.2) is 0 Å². The molecular formula is C12H25N3O2. The lowest BCUT2D eigenvalue weighted by Crippen LogP contribution is -2.42. The number of piperidine rings is 1. The van der Waals surface area contributed by atoms with Gasteiger partial charge < -0.3 is 20.3 Å². The van der Waals surface area contributed by atoms with Crippen LogP contribution in [0.3, 0.4) is 0 Å². The molecule has 5 nitrogen and oxygen atoms in total. The third-order valence-corrected chi connectivity index (χ3v) is 2.78. The lowest BCUT2D eigenvalue weighted by molar-refractivity contribution is -0.128. The van der Waals surface area contributed by atoms with Crippen molar-refractivity contribution in [2.24, 2.45) is 0 Å². The van der Waals surface area contributed by atoms with Crippen molar-refractivity contribution in [2.75, 3.05) is 40.3 Å². The molecule has 1 aliphatic rings. The second kappa shape index (κ2) is 7.63. The fourth-order valence-electron chi connectivity index (χ4n) is 2.07. The van der Waals surface area contributed by atoms with E-state index in [1.807, 2.05) is 21.0 Å². The Morgan fingerprint density at radius 3 is 2.71 bits per heavy atom. The molecule has 0 aromatic heterocycles. The first kappa shape index (κ1) is 14.4. The minimum atomic E-state index is -0.0158. The molecule has 17 heavy (non-hydrogen) atoms. The van der Waals surface area contributed by atoms with E-state index in [4.69, 9.17) is 4.74 Å². The van der Waals surface area contributed by atoms with Gasteiger partial charge in [0.2, 0.25) is 5.91 Å². The van der Waals surface area contributed by atoms with Gasteiger partial charge in [0.25, 0.3) is 0 Å². The molecule has 1 aliphatic heterocycles. The van der Waals surface area contributed by atoms with Crippen LogP contribution in [0.15, 0.2) is 0 Å². The number of carbonyl (C=O) groups excluding carboxylic acids is 1. The maximum Gasteiger partial charge on any atom is 0.246 e. The lowest BCUT2D eigenvalue weighted by atomic mass is 10.1. The molecule has 0 saturated carbocycles. The van der Waals surface area contributed by atoms with Crippen LogP contribution in [0.5, 0.6) is 0 Å². The van der Waals surface area contributed by atoms with E-state index in [1.54, 1.807) is 0 Å². The molecule has 0 aromatic carbocycles. The van der Waals surface area contributed by atoms with Crippen LogP contribution in [0.4, 0.5) is 0 Å². The molecular weight excluding hydrogens is 218 g/mol. The summed E-state index contributed by atoms with van der Waals surface area (Å²) < 4.78 is 5.58. The van der Waals surface area contributed by atoms with Crippen LogP contribution in [0.2, 0.25) is 0 Å². The average molecular weight is 243 g/mol. The topological polar surface area (TPSA) is 53.6 Å². The molecule has 100 valence electrons. The Morgan fingerprint density at radius 2 is 2.12 bits per heavy atom. The predicted octanol–water partition coefficient (Wildman–Crippen LogP) is -0.179. The zero-order valence-corrected chi connectivity index (χ0v) is 11.2. The minimum absolute atomic E-state index is 0.0158. The highest BCUT2D eigenvalue weighted by atomic mass is 16.5. The van der Waals surface area contributed by atoms with Crippen LogP contribution in [-0.4, -0.2) is 63.3 Å². The molecule has 1 unspecified atom stereocenters. The number of nitrogens with one attached hydrogen (secondary N) is 2. The molecule has 1 heterocycles. The quantitative estimate of drug-likeness (QED) is 0.679. The predicted molar refractivity (Wildman–Crippen MR) is 68.0 cm³/mol. The van der Waals surface area contributed by atoms with Crippen molar-refractivity contribution in [1.29, 1.82) is 0 Å². The molecule has 0 radical (unpaired) electrons. The highest BCUT2D eigenvalue weighted by molar-refractivity contribution is 5.77. The van der Waals surface area contributed by atoms with E-state index >= 15 is 0 Å². The first-order chi connectivity index (χ1) is 8.08. The highest BCUT2D eigenvalue weighted by Gasteiger charge is 2.15. The largest absolute Gasteiger partial charge is 0.368 e. The van der Waals surface area contributed by atoms with Gasteiger partial charge in [-0.05, 0) is 47.0 Å². The van der Waals surface area contributed by atoms with Gasteiger partial charge >= 0.3 is 0 Å². The summed E-state index contributed by atoms with van der Waals surface area (Å²) in [6.07, 6.45) is 2.24. The van der Waals surface area contributed by atoms with Gasteiger partial charge in [-0.25, -0.2) is 0 Å². The van der Waals surface area contributed by atoms with Crippen molar-refractivity contribution >= 4 is 5.91 Å². The standard InChI is InChI=1S/C12H25N3O2/c1-10(8-15(2)3)14-12(16)9-17-11-4-6-13-7-5-11/h10-11,13H,4-9H2,1-3H3,(H,14,16). The van der Waals surface area contributed by atoms with Crippen molar-refractivity contribution < 1.29 is 9.53 Å². The van der Waals surface area contributed by atoms with Gasteiger partial charge in [-0.15, -0.1) is 0 Å². The summed E-state index contributed by atoms with van der Waals surface area (Å²) >= 11 is 0. The first-order valence-electron chi connectivity index (χ1n) is 6.34. The summed E-state index contributed by atoms with van der Waals surface area (Å²) in [4.78, 5) is 13.7. The van der Waals surface area contributed by atoms with Gasteiger partial charge in [0.1, 0.15) is 6.61 Å². The number of hydrogen-bond donors (Lipinski definition) is 2. The van der Waals surface area contributed by atoms with E-state index in [2.05, 4.69) is 15.5 Å². The van der Waals surface area contributed by atoms with Gasteiger partial charge in [-0.2, -0.15) is 0 Å². The summed E-state index contributed by atoms with van der Waals surface area (Å²) in [6, 6.07) is 0.161. The monoisotopic (exact) mass is 243 g/mol. The summed E-state index contributed by atoms with van der Waals surface area (Å²) in [7, 11) is 3.99. The van der Waals surface area contributed by atoms with Crippen molar-refractivity contribution in [3.05, 3.63) is 0 Å². The molecule has 1 saturated heterocycles. The van der Waals surface area contributed by atoms with E-state index in [9.17, 15) is 4.79 Å². The molecule has 0 spiro atoms. The van der Waals surface area contributed by atoms with E-state index in [1.165, 1.54) is 0 Å². The summed E-state index contributed by atoms with van der Waals surface area (Å²) in [5.74, 6) is -0.0158. The number of nitrogens with zero attached hydrogens (tertiary/aromatic N) is 1. The Labute approximate surface area is 104 Å². The molecule has 0 aromatic rings. The molecule has 5 heteroatoms. The Balaban J connectivity index is 2.11. The molecule has 0 aliphatic carbocycles. The fraction of sp³-hybridized carbons (Fsp3) is 0.917. The van der Waals surface area contributed by atoms with Crippen LogP contribution in [0.25, 0.3) is 0 Å². The second-order valence-corrected chi connectivity index (χ2v) is 4.99. The maximum absolute atomic E-state index is 11.6. The van der Waals surface area contributed by atoms with Crippen molar-refractivity contribution in [1.82, 2.24) is 15.5 Å². The number of ether oxygens (including phenoxy) is 1. The fourth-order valence-corrected chi connectivity index (χ4v) is 2.07. The normalized spacial score (nSPS) is 19.3. The number of amides is 1. The number of rotatable bonds is 6. The zero-order chi connectivity index (χ0) is 12.7. The Bertz CT molecular complexity index is 228. The van der Waals surface area contributed by atoms with Crippen LogP contribution in [0.1, 0.15) is 19.8 Å². The number of hydrogen-bond acceptors (Lipinski definition) is 4. The van der Waals surface area contributed by atoms with Crippen LogP contribution >= 0.6 is 0 Å². The zero-order valence-electron chi connectivity index (χ0n) is 11.2. The van der Waals surface area contributed by atoms with Crippen LogP contribution in [-0.2, 0) is 9.53 Å². The average Bonchev–Trinajstić information content (AvgIpc) is 2.26. The molecule has 2 N–H and O–H groups in total. The maximum atomic E-state index is 11.6. The number of carbonyl (C=O) groups is 1. The van der Waals surface area contributed by atoms with Crippen molar-refractivity contribution in [3.63, 3.8) is 0 Å². The summed E-state index contributed by atoms with van der Waals surface area (Å²) in [5.41, 5.74) is 0. The van der Waals surface area contributed by atoms with Crippen LogP contribution in [0, 0.1) is 0 Å². The van der Waals surface area contributed by atoms with Gasteiger partial charge in [0.05, 0.1) is 6.10 Å². The van der Waals surface area contributed by atoms with E-state index in [0.717, 1.165) is 32.5 Å². The smallest absolute Gasteiger partial charge is 0.246 e. The molecule has 1 rings (SSSR count). The van der Waals surface area contributed by atoms with Crippen molar-refractivity contribution in [3.8, 4) is 0 Å². The molecule has 1 fully saturated rings. The van der Waals surface area contributed by atoms with E-state index < -0.39 is 0 Å². The Morgan fingerprint density at radius 1 is 1.47 bits per heavy atom. The van der Waals surface area contributed by atoms with Crippen LogP contribution < -0.4 is 10.6 Å². The highest BCUT2D eigenvalue weighted by Crippen LogP contribution is 2.06. The molecule has 0 bridgehead atoms. The van der Waals surface area contributed by atoms with Gasteiger partial charge in [-0.3, -0.25) is 4.79 Å². The third-order valence-electron chi connectivity index (χ3n) is 2.78. The van der Waals surface area contributed by atoms with E-state index in [0.29, 0.717) is 0 Å². The van der Waals surface area contributed by atoms with Gasteiger partial charge in [-0.1, -0.05) is 0 Å². The third kappa shape index (κ3) is 6.61. The minimum Gasteiger partial charge on any atom is -0.368 e. The summed E-state index contributed by atoms with van der Waals surface area (Å²) in [5, 5.41) is 6.20. The van der Waals surface area contributed by atoms with Gasteiger partial charge in [0, 0.05) is 12.6 Å².